The summed E-state index contributed by atoms with van der Waals surface area (Å²) < 4.78 is 5.51. The fraction of sp³-hybridized carbons (Fsp3) is 0.684. The van der Waals surface area contributed by atoms with Crippen molar-refractivity contribution in [1.29, 1.82) is 0 Å². The molecule has 1 aromatic rings. The zero-order valence-corrected chi connectivity index (χ0v) is 14.3. The minimum absolute atomic E-state index is 0.179. The van der Waals surface area contributed by atoms with E-state index in [4.69, 9.17) is 4.74 Å². The van der Waals surface area contributed by atoms with Gasteiger partial charge in [0.25, 0.3) is 0 Å². The van der Waals surface area contributed by atoms with Crippen LogP contribution in [0.2, 0.25) is 0 Å². The molecule has 0 bridgehead atoms. The highest BCUT2D eigenvalue weighted by molar-refractivity contribution is 5.45. The average molecular weight is 303 g/mol. The number of methoxy groups -OCH3 is 1. The third-order valence-corrected chi connectivity index (χ3v) is 5.38. The summed E-state index contributed by atoms with van der Waals surface area (Å²) in [5.74, 6) is 2.04. The van der Waals surface area contributed by atoms with Gasteiger partial charge < -0.3 is 9.84 Å². The van der Waals surface area contributed by atoms with Gasteiger partial charge >= 0.3 is 0 Å². The molecule has 2 aliphatic rings. The SMILES string of the molecule is COc1cc2c(cc1C)CCN1CC(CC(C)C)C(O)CC21. The number of benzene rings is 1. The number of aliphatic hydroxyl groups is 1. The van der Waals surface area contributed by atoms with E-state index >= 15 is 0 Å². The summed E-state index contributed by atoms with van der Waals surface area (Å²) in [5, 5.41) is 10.6. The molecule has 0 aromatic heterocycles. The van der Waals surface area contributed by atoms with Crippen LogP contribution in [-0.2, 0) is 6.42 Å². The minimum Gasteiger partial charge on any atom is -0.496 e. The Hall–Kier alpha value is -1.06. The number of piperidine rings is 1. The second-order valence-corrected chi connectivity index (χ2v) is 7.47. The molecule has 2 aliphatic heterocycles. The number of nitrogens with zero attached hydrogens (tertiary/aromatic N) is 1. The lowest BCUT2D eigenvalue weighted by Crippen LogP contribution is -2.48. The summed E-state index contributed by atoms with van der Waals surface area (Å²) >= 11 is 0. The van der Waals surface area contributed by atoms with Gasteiger partial charge in [0.2, 0.25) is 0 Å². The van der Waals surface area contributed by atoms with Gasteiger partial charge in [-0.2, -0.15) is 0 Å². The molecule has 3 rings (SSSR count). The van der Waals surface area contributed by atoms with Crippen LogP contribution in [0, 0.1) is 18.8 Å². The zero-order chi connectivity index (χ0) is 15.9. The Labute approximate surface area is 134 Å². The molecule has 1 fully saturated rings. The van der Waals surface area contributed by atoms with E-state index < -0.39 is 0 Å². The number of aliphatic hydroxyl groups excluding tert-OH is 1. The van der Waals surface area contributed by atoms with E-state index in [9.17, 15) is 5.11 Å². The fourth-order valence-corrected chi connectivity index (χ4v) is 4.30. The molecular formula is C19H29NO2. The minimum atomic E-state index is -0.179. The topological polar surface area (TPSA) is 32.7 Å². The summed E-state index contributed by atoms with van der Waals surface area (Å²) in [5.41, 5.74) is 4.02. The lowest BCUT2D eigenvalue weighted by atomic mass is 9.79. The van der Waals surface area contributed by atoms with Gasteiger partial charge in [0.05, 0.1) is 13.2 Å². The quantitative estimate of drug-likeness (QED) is 0.929. The van der Waals surface area contributed by atoms with Crippen molar-refractivity contribution < 1.29 is 9.84 Å². The fourth-order valence-electron chi connectivity index (χ4n) is 4.30. The van der Waals surface area contributed by atoms with Crippen molar-refractivity contribution in [2.45, 2.75) is 52.2 Å². The van der Waals surface area contributed by atoms with Gasteiger partial charge in [-0.25, -0.2) is 0 Å². The number of hydrogen-bond donors (Lipinski definition) is 1. The van der Waals surface area contributed by atoms with Crippen LogP contribution < -0.4 is 4.74 Å². The van der Waals surface area contributed by atoms with Crippen molar-refractivity contribution in [1.82, 2.24) is 4.90 Å². The van der Waals surface area contributed by atoms with Gasteiger partial charge in [-0.15, -0.1) is 0 Å². The van der Waals surface area contributed by atoms with Gasteiger partial charge in [-0.3, -0.25) is 4.90 Å². The van der Waals surface area contributed by atoms with E-state index in [1.165, 1.54) is 16.7 Å². The molecule has 0 aliphatic carbocycles. The van der Waals surface area contributed by atoms with E-state index in [2.05, 4.69) is 37.8 Å². The van der Waals surface area contributed by atoms with E-state index in [-0.39, 0.29) is 6.10 Å². The van der Waals surface area contributed by atoms with Crippen LogP contribution in [0.15, 0.2) is 12.1 Å². The smallest absolute Gasteiger partial charge is 0.122 e. The van der Waals surface area contributed by atoms with Gasteiger partial charge in [-0.1, -0.05) is 19.9 Å². The Morgan fingerprint density at radius 3 is 2.82 bits per heavy atom. The second kappa shape index (κ2) is 6.21. The van der Waals surface area contributed by atoms with Crippen LogP contribution in [0.1, 0.15) is 49.4 Å². The van der Waals surface area contributed by atoms with Crippen molar-refractivity contribution in [3.05, 3.63) is 28.8 Å². The zero-order valence-electron chi connectivity index (χ0n) is 14.3. The standard InChI is InChI=1S/C19H29NO2/c1-12(2)7-15-11-20-6-5-14-8-13(3)19(22-4)9-16(14)17(20)10-18(15)21/h8-9,12,15,17-18,21H,5-7,10-11H2,1-4H3. The first-order valence-electron chi connectivity index (χ1n) is 8.59. The number of ether oxygens (including phenoxy) is 1. The molecule has 2 heterocycles. The molecule has 122 valence electrons. The second-order valence-electron chi connectivity index (χ2n) is 7.47. The summed E-state index contributed by atoms with van der Waals surface area (Å²) in [6, 6.07) is 4.84. The summed E-state index contributed by atoms with van der Waals surface area (Å²) in [6.07, 6.45) is 2.91. The molecule has 0 amide bonds. The van der Waals surface area contributed by atoms with E-state index in [1.807, 2.05) is 0 Å². The molecule has 3 atom stereocenters. The van der Waals surface area contributed by atoms with E-state index in [0.717, 1.165) is 38.1 Å². The van der Waals surface area contributed by atoms with Crippen LogP contribution in [0.25, 0.3) is 0 Å². The van der Waals surface area contributed by atoms with E-state index in [0.29, 0.717) is 17.9 Å². The largest absolute Gasteiger partial charge is 0.496 e. The Balaban J connectivity index is 1.86. The normalized spacial score (nSPS) is 28.4. The Morgan fingerprint density at radius 2 is 2.14 bits per heavy atom. The highest BCUT2D eigenvalue weighted by Crippen LogP contribution is 2.41. The predicted octanol–water partition coefficient (Wildman–Crippen LogP) is 3.33. The number of aryl methyl sites for hydroxylation is 1. The first-order valence-corrected chi connectivity index (χ1v) is 8.59. The third kappa shape index (κ3) is 2.89. The monoisotopic (exact) mass is 303 g/mol. The molecule has 1 saturated heterocycles. The highest BCUT2D eigenvalue weighted by atomic mass is 16.5. The number of fused-ring (bicyclic) bond motifs is 3. The Kier molecular flexibility index (Phi) is 4.47. The summed E-state index contributed by atoms with van der Waals surface area (Å²) in [6.45, 7) is 8.75. The van der Waals surface area contributed by atoms with Gasteiger partial charge in [0.1, 0.15) is 5.75 Å². The van der Waals surface area contributed by atoms with Crippen molar-refractivity contribution in [3.63, 3.8) is 0 Å². The first kappa shape index (κ1) is 15.8. The Bertz CT molecular complexity index is 540. The van der Waals surface area contributed by atoms with Crippen LogP contribution in [-0.4, -0.2) is 36.3 Å². The molecule has 1 aromatic carbocycles. The van der Waals surface area contributed by atoms with Crippen molar-refractivity contribution >= 4 is 0 Å². The van der Waals surface area contributed by atoms with Crippen molar-refractivity contribution in [2.24, 2.45) is 11.8 Å². The van der Waals surface area contributed by atoms with Crippen LogP contribution in [0.5, 0.6) is 5.75 Å². The summed E-state index contributed by atoms with van der Waals surface area (Å²) in [4.78, 5) is 2.58. The van der Waals surface area contributed by atoms with Gasteiger partial charge in [0, 0.05) is 19.1 Å². The maximum atomic E-state index is 10.6. The molecule has 3 unspecified atom stereocenters. The van der Waals surface area contributed by atoms with Crippen LogP contribution in [0.3, 0.4) is 0 Å². The highest BCUT2D eigenvalue weighted by Gasteiger charge is 2.38. The predicted molar refractivity (Wildman–Crippen MR) is 89.3 cm³/mol. The number of hydrogen-bond acceptors (Lipinski definition) is 3. The third-order valence-electron chi connectivity index (χ3n) is 5.38. The first-order chi connectivity index (χ1) is 10.5. The van der Waals surface area contributed by atoms with Crippen molar-refractivity contribution in [2.75, 3.05) is 20.2 Å². The number of rotatable bonds is 3. The molecule has 0 spiro atoms. The molecule has 0 saturated carbocycles. The molecule has 0 radical (unpaired) electrons. The maximum Gasteiger partial charge on any atom is 0.122 e. The molecular weight excluding hydrogens is 274 g/mol. The van der Waals surface area contributed by atoms with E-state index in [1.54, 1.807) is 7.11 Å². The summed E-state index contributed by atoms with van der Waals surface area (Å²) in [7, 11) is 1.74. The van der Waals surface area contributed by atoms with Gasteiger partial charge in [0.15, 0.2) is 0 Å². The molecule has 3 heteroatoms. The molecule has 3 nitrogen and oxygen atoms in total. The average Bonchev–Trinajstić information content (AvgIpc) is 2.47. The lowest BCUT2D eigenvalue weighted by Gasteiger charge is -2.46. The lowest BCUT2D eigenvalue weighted by molar-refractivity contribution is -0.0191. The Morgan fingerprint density at radius 1 is 1.36 bits per heavy atom. The molecule has 1 N–H and O–H groups in total. The maximum absolute atomic E-state index is 10.6. The van der Waals surface area contributed by atoms with Crippen LogP contribution >= 0.6 is 0 Å². The van der Waals surface area contributed by atoms with Crippen molar-refractivity contribution in [3.8, 4) is 5.75 Å². The van der Waals surface area contributed by atoms with Crippen LogP contribution in [0.4, 0.5) is 0 Å². The van der Waals surface area contributed by atoms with Gasteiger partial charge in [-0.05, 0) is 60.8 Å². The molecule has 22 heavy (non-hydrogen) atoms.